The zero-order valence-corrected chi connectivity index (χ0v) is 16.9. The van der Waals surface area contributed by atoms with Gasteiger partial charge in [0.1, 0.15) is 17.2 Å². The van der Waals surface area contributed by atoms with Crippen LogP contribution in [-0.2, 0) is 13.6 Å². The standard InChI is InChI=1S/C21H18FN5O2S/c1-26-18(13-17(24-26)14-4-6-15(22)7-5-14)21(29)23-10-11-27-20(28)9-8-16(25-27)19-3-2-12-30-19/h2-9,12-13H,10-11H2,1H3,(H,23,29). The summed E-state index contributed by atoms with van der Waals surface area (Å²) in [7, 11) is 1.67. The topological polar surface area (TPSA) is 81.8 Å². The van der Waals surface area contributed by atoms with Gasteiger partial charge in [-0.05, 0) is 47.8 Å². The van der Waals surface area contributed by atoms with Crippen molar-refractivity contribution in [2.75, 3.05) is 6.54 Å². The summed E-state index contributed by atoms with van der Waals surface area (Å²) >= 11 is 1.54. The lowest BCUT2D eigenvalue weighted by molar-refractivity contribution is 0.0942. The highest BCUT2D eigenvalue weighted by Gasteiger charge is 2.14. The van der Waals surface area contributed by atoms with E-state index in [1.807, 2.05) is 17.5 Å². The van der Waals surface area contributed by atoms with E-state index in [9.17, 15) is 14.0 Å². The molecule has 0 spiro atoms. The molecule has 30 heavy (non-hydrogen) atoms. The summed E-state index contributed by atoms with van der Waals surface area (Å²) in [6, 6.07) is 14.6. The molecule has 4 rings (SSSR count). The van der Waals surface area contributed by atoms with Gasteiger partial charge in [0.15, 0.2) is 0 Å². The molecular weight excluding hydrogens is 405 g/mol. The highest BCUT2D eigenvalue weighted by Crippen LogP contribution is 2.21. The van der Waals surface area contributed by atoms with Crippen LogP contribution >= 0.6 is 11.3 Å². The van der Waals surface area contributed by atoms with Gasteiger partial charge >= 0.3 is 0 Å². The van der Waals surface area contributed by atoms with E-state index >= 15 is 0 Å². The lowest BCUT2D eigenvalue weighted by Crippen LogP contribution is -2.32. The van der Waals surface area contributed by atoms with Crippen LogP contribution in [0.1, 0.15) is 10.5 Å². The molecule has 0 bridgehead atoms. The molecule has 0 aliphatic carbocycles. The van der Waals surface area contributed by atoms with Gasteiger partial charge in [-0.2, -0.15) is 10.2 Å². The third-order valence-corrected chi connectivity index (χ3v) is 5.39. The zero-order chi connectivity index (χ0) is 21.1. The van der Waals surface area contributed by atoms with Crippen molar-refractivity contribution >= 4 is 17.2 Å². The van der Waals surface area contributed by atoms with Gasteiger partial charge in [-0.25, -0.2) is 9.07 Å². The molecule has 9 heteroatoms. The number of nitrogens with one attached hydrogen (secondary N) is 1. The second kappa shape index (κ2) is 8.42. The quantitative estimate of drug-likeness (QED) is 0.517. The maximum Gasteiger partial charge on any atom is 0.269 e. The first-order chi connectivity index (χ1) is 14.5. The number of rotatable bonds is 6. The summed E-state index contributed by atoms with van der Waals surface area (Å²) in [5.74, 6) is -0.652. The van der Waals surface area contributed by atoms with Crippen LogP contribution in [0.4, 0.5) is 4.39 Å². The minimum absolute atomic E-state index is 0.233. The van der Waals surface area contributed by atoms with Crippen molar-refractivity contribution in [1.82, 2.24) is 24.9 Å². The number of benzene rings is 1. The van der Waals surface area contributed by atoms with Gasteiger partial charge in [-0.3, -0.25) is 14.3 Å². The minimum Gasteiger partial charge on any atom is -0.349 e. The first kappa shape index (κ1) is 19.7. The molecule has 0 aliphatic heterocycles. The van der Waals surface area contributed by atoms with Gasteiger partial charge in [0, 0.05) is 25.2 Å². The monoisotopic (exact) mass is 423 g/mol. The Labute approximate surface area is 175 Å². The highest BCUT2D eigenvalue weighted by atomic mass is 32.1. The van der Waals surface area contributed by atoms with Crippen molar-refractivity contribution in [3.63, 3.8) is 0 Å². The lowest BCUT2D eigenvalue weighted by Gasteiger charge is -2.08. The predicted molar refractivity (Wildman–Crippen MR) is 113 cm³/mol. The average Bonchev–Trinajstić information content (AvgIpc) is 3.40. The summed E-state index contributed by atoms with van der Waals surface area (Å²) in [5, 5.41) is 13.4. The van der Waals surface area contributed by atoms with Gasteiger partial charge in [0.2, 0.25) is 0 Å². The Bertz CT molecular complexity index is 1230. The van der Waals surface area contributed by atoms with E-state index in [4.69, 9.17) is 0 Å². The Hall–Kier alpha value is -3.59. The van der Waals surface area contributed by atoms with Crippen molar-refractivity contribution in [1.29, 1.82) is 0 Å². The first-order valence-electron chi connectivity index (χ1n) is 9.21. The second-order valence-corrected chi connectivity index (χ2v) is 7.51. The maximum absolute atomic E-state index is 13.1. The Morgan fingerprint density at radius 2 is 1.90 bits per heavy atom. The summed E-state index contributed by atoms with van der Waals surface area (Å²) in [4.78, 5) is 25.6. The molecule has 0 radical (unpaired) electrons. The Morgan fingerprint density at radius 3 is 2.63 bits per heavy atom. The van der Waals surface area contributed by atoms with Gasteiger partial charge in [0.25, 0.3) is 11.5 Å². The molecule has 1 N–H and O–H groups in total. The van der Waals surface area contributed by atoms with Crippen LogP contribution in [0.5, 0.6) is 0 Å². The molecular formula is C21H18FN5O2S. The zero-order valence-electron chi connectivity index (χ0n) is 16.1. The summed E-state index contributed by atoms with van der Waals surface area (Å²) in [5.41, 5.74) is 2.13. The molecule has 0 fully saturated rings. The third-order valence-electron chi connectivity index (χ3n) is 4.50. The molecule has 0 aliphatic rings. The second-order valence-electron chi connectivity index (χ2n) is 6.56. The van der Waals surface area contributed by atoms with E-state index in [2.05, 4.69) is 15.5 Å². The fourth-order valence-corrected chi connectivity index (χ4v) is 3.66. The lowest BCUT2D eigenvalue weighted by atomic mass is 10.1. The van der Waals surface area contributed by atoms with E-state index in [0.717, 1.165) is 4.88 Å². The third kappa shape index (κ3) is 4.20. The molecule has 0 atom stereocenters. The molecule has 1 amide bonds. The average molecular weight is 423 g/mol. The summed E-state index contributed by atoms with van der Waals surface area (Å²) < 4.78 is 15.9. The number of aryl methyl sites for hydroxylation is 1. The van der Waals surface area contributed by atoms with E-state index in [1.165, 1.54) is 27.6 Å². The number of halogens is 1. The van der Waals surface area contributed by atoms with E-state index in [0.29, 0.717) is 22.6 Å². The van der Waals surface area contributed by atoms with Crippen LogP contribution in [-0.4, -0.2) is 32.0 Å². The first-order valence-corrected chi connectivity index (χ1v) is 10.1. The van der Waals surface area contributed by atoms with Crippen LogP contribution in [0.2, 0.25) is 0 Å². The summed E-state index contributed by atoms with van der Waals surface area (Å²) in [6.07, 6.45) is 0. The van der Waals surface area contributed by atoms with Crippen molar-refractivity contribution in [3.05, 3.63) is 81.8 Å². The number of carbonyl (C=O) groups is 1. The van der Waals surface area contributed by atoms with Crippen LogP contribution in [0, 0.1) is 5.82 Å². The van der Waals surface area contributed by atoms with Gasteiger partial charge in [-0.15, -0.1) is 11.3 Å². The van der Waals surface area contributed by atoms with Crippen molar-refractivity contribution < 1.29 is 9.18 Å². The molecule has 7 nitrogen and oxygen atoms in total. The Morgan fingerprint density at radius 1 is 1.10 bits per heavy atom. The largest absolute Gasteiger partial charge is 0.349 e. The van der Waals surface area contributed by atoms with Gasteiger partial charge in [0.05, 0.1) is 17.1 Å². The molecule has 4 aromatic rings. The predicted octanol–water partition coefficient (Wildman–Crippen LogP) is 2.94. The molecule has 0 saturated carbocycles. The van der Waals surface area contributed by atoms with Gasteiger partial charge < -0.3 is 5.32 Å². The van der Waals surface area contributed by atoms with E-state index in [1.54, 1.807) is 42.6 Å². The maximum atomic E-state index is 13.1. The fourth-order valence-electron chi connectivity index (χ4n) is 2.97. The number of carbonyl (C=O) groups excluding carboxylic acids is 1. The fraction of sp³-hybridized carbons (Fsp3) is 0.143. The molecule has 0 saturated heterocycles. The van der Waals surface area contributed by atoms with Crippen LogP contribution in [0.25, 0.3) is 21.8 Å². The number of thiophene rings is 1. The number of aromatic nitrogens is 4. The summed E-state index contributed by atoms with van der Waals surface area (Å²) in [6.45, 7) is 0.475. The van der Waals surface area contributed by atoms with Crippen LogP contribution in [0.3, 0.4) is 0 Å². The van der Waals surface area contributed by atoms with Crippen molar-refractivity contribution in [2.24, 2.45) is 7.05 Å². The normalized spacial score (nSPS) is 10.9. The number of hydrogen-bond donors (Lipinski definition) is 1. The number of amides is 1. The smallest absolute Gasteiger partial charge is 0.269 e. The van der Waals surface area contributed by atoms with Crippen LogP contribution in [0.15, 0.2) is 64.8 Å². The molecule has 3 aromatic heterocycles. The molecule has 3 heterocycles. The Balaban J connectivity index is 1.43. The molecule has 1 aromatic carbocycles. The van der Waals surface area contributed by atoms with Crippen LogP contribution < -0.4 is 10.9 Å². The highest BCUT2D eigenvalue weighted by molar-refractivity contribution is 7.13. The van der Waals surface area contributed by atoms with Crippen molar-refractivity contribution in [2.45, 2.75) is 6.54 Å². The molecule has 0 unspecified atom stereocenters. The number of hydrogen-bond acceptors (Lipinski definition) is 5. The van der Waals surface area contributed by atoms with E-state index < -0.39 is 0 Å². The Kier molecular flexibility index (Phi) is 5.53. The minimum atomic E-state index is -0.334. The number of nitrogens with zero attached hydrogens (tertiary/aromatic N) is 4. The SMILES string of the molecule is Cn1nc(-c2ccc(F)cc2)cc1C(=O)NCCn1nc(-c2cccs2)ccc1=O. The van der Waals surface area contributed by atoms with Gasteiger partial charge in [-0.1, -0.05) is 6.07 Å². The van der Waals surface area contributed by atoms with Crippen molar-refractivity contribution in [3.8, 4) is 21.8 Å². The molecule has 152 valence electrons. The van der Waals surface area contributed by atoms with E-state index in [-0.39, 0.29) is 30.4 Å².